The Labute approximate surface area is 158 Å². The van der Waals surface area contributed by atoms with Crippen LogP contribution in [0.2, 0.25) is 0 Å². The van der Waals surface area contributed by atoms with Crippen molar-refractivity contribution in [2.24, 2.45) is 5.92 Å². The van der Waals surface area contributed by atoms with Crippen molar-refractivity contribution in [3.63, 3.8) is 0 Å². The number of halogens is 3. The molecular weight excluding hydrogens is 401 g/mol. The summed E-state index contributed by atoms with van der Waals surface area (Å²) in [6.45, 7) is 3.97. The van der Waals surface area contributed by atoms with Gasteiger partial charge in [-0.15, -0.1) is 24.8 Å². The highest BCUT2D eigenvalue weighted by molar-refractivity contribution is 9.10. The maximum atomic E-state index is 10.5. The van der Waals surface area contributed by atoms with E-state index in [4.69, 9.17) is 0 Å². The molecule has 1 aliphatic carbocycles. The van der Waals surface area contributed by atoms with E-state index < -0.39 is 0 Å². The molecule has 1 heterocycles. The predicted octanol–water partition coefficient (Wildman–Crippen LogP) is 3.62. The summed E-state index contributed by atoms with van der Waals surface area (Å²) < 4.78 is 0.621. The maximum Gasteiger partial charge on any atom is 0.134 e. The Morgan fingerprint density at radius 1 is 1.26 bits per heavy atom. The summed E-state index contributed by atoms with van der Waals surface area (Å²) in [6, 6.07) is 5.98. The standard InChI is InChI=1S/C16H20BrN3O.2ClH/c17-14-9-11(10-18)8-13(16(14)21)15(12-2-1-3-12)20-6-4-19-5-7-20;;/h8-9,12,15,19,21H,1-7H2;2*1H/t15-;;/m0../s1. The molecule has 23 heavy (non-hydrogen) atoms. The van der Waals surface area contributed by atoms with E-state index in [1.807, 2.05) is 6.07 Å². The third-order valence-electron chi connectivity index (χ3n) is 4.68. The highest BCUT2D eigenvalue weighted by atomic mass is 79.9. The Hall–Kier alpha value is -0.510. The van der Waals surface area contributed by atoms with Crippen LogP contribution in [0, 0.1) is 17.2 Å². The highest BCUT2D eigenvalue weighted by Crippen LogP contribution is 2.46. The van der Waals surface area contributed by atoms with Crippen molar-refractivity contribution in [3.8, 4) is 11.8 Å². The number of hydrogen-bond acceptors (Lipinski definition) is 4. The minimum atomic E-state index is 0. The number of benzene rings is 1. The van der Waals surface area contributed by atoms with E-state index in [0.29, 0.717) is 21.7 Å². The van der Waals surface area contributed by atoms with Crippen LogP contribution < -0.4 is 5.32 Å². The Bertz CT molecular complexity index is 569. The minimum Gasteiger partial charge on any atom is -0.506 e. The maximum absolute atomic E-state index is 10.5. The van der Waals surface area contributed by atoms with Crippen LogP contribution in [0.3, 0.4) is 0 Å². The molecule has 2 fully saturated rings. The Kier molecular flexibility index (Phi) is 8.12. The van der Waals surface area contributed by atoms with Gasteiger partial charge in [-0.25, -0.2) is 0 Å². The van der Waals surface area contributed by atoms with E-state index in [0.717, 1.165) is 31.7 Å². The molecule has 2 aliphatic rings. The van der Waals surface area contributed by atoms with Crippen LogP contribution in [0.4, 0.5) is 0 Å². The molecule has 1 aromatic carbocycles. The molecule has 3 rings (SSSR count). The molecular formula is C16H22BrCl2N3O. The van der Waals surface area contributed by atoms with Gasteiger partial charge in [0.25, 0.3) is 0 Å². The second kappa shape index (κ2) is 9.10. The van der Waals surface area contributed by atoms with Crippen molar-refractivity contribution >= 4 is 40.7 Å². The van der Waals surface area contributed by atoms with Gasteiger partial charge < -0.3 is 10.4 Å². The van der Waals surface area contributed by atoms with Crippen molar-refractivity contribution in [3.05, 3.63) is 27.7 Å². The minimum absolute atomic E-state index is 0. The molecule has 0 unspecified atom stereocenters. The molecule has 4 nitrogen and oxygen atoms in total. The lowest BCUT2D eigenvalue weighted by Crippen LogP contribution is -2.47. The van der Waals surface area contributed by atoms with E-state index in [1.54, 1.807) is 6.07 Å². The molecule has 1 aliphatic heterocycles. The van der Waals surface area contributed by atoms with E-state index in [2.05, 4.69) is 32.2 Å². The molecule has 1 saturated carbocycles. The lowest BCUT2D eigenvalue weighted by Gasteiger charge is -2.43. The fourth-order valence-corrected chi connectivity index (χ4v) is 3.85. The zero-order chi connectivity index (χ0) is 14.8. The topological polar surface area (TPSA) is 59.3 Å². The number of nitrogens with one attached hydrogen (secondary N) is 1. The van der Waals surface area contributed by atoms with Crippen LogP contribution in [0.15, 0.2) is 16.6 Å². The summed E-state index contributed by atoms with van der Waals surface area (Å²) in [5, 5.41) is 23.1. The van der Waals surface area contributed by atoms with Crippen molar-refractivity contribution in [2.75, 3.05) is 26.2 Å². The van der Waals surface area contributed by atoms with Gasteiger partial charge in [0.15, 0.2) is 0 Å². The van der Waals surface area contributed by atoms with Crippen LogP contribution in [0.5, 0.6) is 5.75 Å². The predicted molar refractivity (Wildman–Crippen MR) is 99.5 cm³/mol. The van der Waals surface area contributed by atoms with Gasteiger partial charge >= 0.3 is 0 Å². The first kappa shape index (κ1) is 20.5. The molecule has 0 radical (unpaired) electrons. The highest BCUT2D eigenvalue weighted by Gasteiger charge is 2.35. The van der Waals surface area contributed by atoms with Gasteiger partial charge in [0.1, 0.15) is 5.75 Å². The average Bonchev–Trinajstić information content (AvgIpc) is 2.46. The number of nitriles is 1. The van der Waals surface area contributed by atoms with Crippen molar-refractivity contribution in [2.45, 2.75) is 25.3 Å². The second-order valence-electron chi connectivity index (χ2n) is 5.93. The van der Waals surface area contributed by atoms with Gasteiger partial charge in [-0.3, -0.25) is 4.90 Å². The molecule has 0 aromatic heterocycles. The third-order valence-corrected chi connectivity index (χ3v) is 5.29. The summed E-state index contributed by atoms with van der Waals surface area (Å²) in [4.78, 5) is 2.46. The Morgan fingerprint density at radius 3 is 2.43 bits per heavy atom. The first-order valence-electron chi connectivity index (χ1n) is 7.58. The summed E-state index contributed by atoms with van der Waals surface area (Å²) in [7, 11) is 0. The van der Waals surface area contributed by atoms with Crippen LogP contribution in [-0.4, -0.2) is 36.2 Å². The number of aromatic hydroxyl groups is 1. The molecule has 1 atom stereocenters. The van der Waals surface area contributed by atoms with Crippen LogP contribution in [-0.2, 0) is 0 Å². The molecule has 1 aromatic rings. The fourth-order valence-electron chi connectivity index (χ4n) is 3.37. The number of phenols is 1. The number of nitrogens with zero attached hydrogens (tertiary/aromatic N) is 2. The summed E-state index contributed by atoms with van der Waals surface area (Å²) in [5.41, 5.74) is 1.52. The number of hydrogen-bond donors (Lipinski definition) is 2. The normalized spacial score (nSPS) is 19.7. The summed E-state index contributed by atoms with van der Waals surface area (Å²) in [6.07, 6.45) is 3.69. The van der Waals surface area contributed by atoms with Crippen LogP contribution in [0.1, 0.15) is 36.4 Å². The van der Waals surface area contributed by atoms with E-state index >= 15 is 0 Å². The van der Waals surface area contributed by atoms with E-state index in [1.165, 1.54) is 19.3 Å². The fraction of sp³-hybridized carbons (Fsp3) is 0.562. The molecule has 1 saturated heterocycles. The van der Waals surface area contributed by atoms with Crippen LogP contribution in [0.25, 0.3) is 0 Å². The van der Waals surface area contributed by atoms with Gasteiger partial charge in [0, 0.05) is 37.8 Å². The van der Waals surface area contributed by atoms with Crippen molar-refractivity contribution in [1.82, 2.24) is 10.2 Å². The Morgan fingerprint density at radius 2 is 1.91 bits per heavy atom. The van der Waals surface area contributed by atoms with E-state index in [9.17, 15) is 10.4 Å². The van der Waals surface area contributed by atoms with Crippen molar-refractivity contribution < 1.29 is 5.11 Å². The van der Waals surface area contributed by atoms with E-state index in [-0.39, 0.29) is 30.9 Å². The lowest BCUT2D eigenvalue weighted by molar-refractivity contribution is 0.0818. The van der Waals surface area contributed by atoms with Gasteiger partial charge in [0.2, 0.25) is 0 Å². The zero-order valence-corrected chi connectivity index (χ0v) is 16.0. The first-order valence-corrected chi connectivity index (χ1v) is 8.37. The quantitative estimate of drug-likeness (QED) is 0.780. The first-order chi connectivity index (χ1) is 10.2. The van der Waals surface area contributed by atoms with Crippen LogP contribution >= 0.6 is 40.7 Å². The summed E-state index contributed by atoms with van der Waals surface area (Å²) >= 11 is 3.39. The molecule has 7 heteroatoms. The molecule has 128 valence electrons. The number of piperazine rings is 1. The lowest BCUT2D eigenvalue weighted by atomic mass is 9.76. The molecule has 0 bridgehead atoms. The van der Waals surface area contributed by atoms with Crippen molar-refractivity contribution in [1.29, 1.82) is 5.26 Å². The summed E-state index contributed by atoms with van der Waals surface area (Å²) in [5.74, 6) is 0.888. The number of phenolic OH excluding ortho intramolecular Hbond substituents is 1. The zero-order valence-electron chi connectivity index (χ0n) is 12.8. The third kappa shape index (κ3) is 4.32. The average molecular weight is 423 g/mol. The monoisotopic (exact) mass is 421 g/mol. The van der Waals surface area contributed by atoms with Gasteiger partial charge in [0.05, 0.1) is 16.1 Å². The Balaban J connectivity index is 0.00000132. The molecule has 0 amide bonds. The smallest absolute Gasteiger partial charge is 0.134 e. The van der Waals surface area contributed by atoms with Gasteiger partial charge in [-0.1, -0.05) is 6.42 Å². The molecule has 0 spiro atoms. The number of rotatable bonds is 3. The van der Waals surface area contributed by atoms with Gasteiger partial charge in [-0.2, -0.15) is 5.26 Å². The van der Waals surface area contributed by atoms with Gasteiger partial charge in [-0.05, 0) is 46.8 Å². The SMILES string of the molecule is Cl.Cl.N#Cc1cc(Br)c(O)c([C@H](C2CCC2)N2CCNCC2)c1. The molecule has 2 N–H and O–H groups in total. The largest absolute Gasteiger partial charge is 0.506 e. The second-order valence-corrected chi connectivity index (χ2v) is 6.78.